The van der Waals surface area contributed by atoms with Crippen molar-refractivity contribution in [2.75, 3.05) is 0 Å². The molecular weight excluding hydrogens is 180 g/mol. The second-order valence-corrected chi connectivity index (χ2v) is 5.29. The summed E-state index contributed by atoms with van der Waals surface area (Å²) in [5, 5.41) is 0. The molecule has 0 heteroatoms. The molecule has 0 unspecified atom stereocenters. The zero-order valence-electron chi connectivity index (χ0n) is 9.64. The van der Waals surface area contributed by atoms with Crippen LogP contribution in [0.25, 0.3) is 0 Å². The highest BCUT2D eigenvalue weighted by molar-refractivity contribution is 5.62. The predicted octanol–water partition coefficient (Wildman–Crippen LogP) is 4.32. The molecule has 0 amide bonds. The van der Waals surface area contributed by atoms with Crippen LogP contribution in [-0.4, -0.2) is 0 Å². The molecule has 0 saturated carbocycles. The van der Waals surface area contributed by atoms with Crippen molar-refractivity contribution in [1.82, 2.24) is 0 Å². The third-order valence-electron chi connectivity index (χ3n) is 4.09. The molecule has 0 aromatic rings. The number of hydrogen-bond donors (Lipinski definition) is 0. The number of hydrogen-bond acceptors (Lipinski definition) is 0. The minimum Gasteiger partial charge on any atom is -0.0839 e. The third-order valence-corrected chi connectivity index (χ3v) is 4.09. The lowest BCUT2D eigenvalue weighted by molar-refractivity contribution is 0.533. The molecule has 3 aliphatic rings. The summed E-state index contributed by atoms with van der Waals surface area (Å²) in [4.78, 5) is 0. The van der Waals surface area contributed by atoms with Gasteiger partial charge in [0.1, 0.15) is 0 Å². The third kappa shape index (κ3) is 1.14. The Bertz CT molecular complexity index is 425. The standard InChI is InChI=1S/C15H18/c1-15(2)13-9-5-3-7-11(13)12-8-4-6-10-14(12)15/h3,6-7,10H,4-5,8-9H2,1-2H3. The van der Waals surface area contributed by atoms with Gasteiger partial charge in [-0.25, -0.2) is 0 Å². The highest BCUT2D eigenvalue weighted by atomic mass is 14.4. The van der Waals surface area contributed by atoms with E-state index < -0.39 is 0 Å². The molecule has 0 heterocycles. The van der Waals surface area contributed by atoms with E-state index >= 15 is 0 Å². The number of fused-ring (bicyclic) bond motifs is 1. The average Bonchev–Trinajstić information content (AvgIpc) is 2.51. The van der Waals surface area contributed by atoms with Gasteiger partial charge in [0.2, 0.25) is 0 Å². The molecule has 0 radical (unpaired) electrons. The first-order chi connectivity index (χ1) is 7.21. The van der Waals surface area contributed by atoms with Gasteiger partial charge >= 0.3 is 0 Å². The Labute approximate surface area is 92.1 Å². The van der Waals surface area contributed by atoms with E-state index in [2.05, 4.69) is 38.2 Å². The van der Waals surface area contributed by atoms with Crippen LogP contribution in [0.15, 0.2) is 46.6 Å². The fraction of sp³-hybridized carbons (Fsp3) is 0.467. The Morgan fingerprint density at radius 1 is 1.00 bits per heavy atom. The van der Waals surface area contributed by atoms with Gasteiger partial charge in [-0.1, -0.05) is 43.7 Å². The lowest BCUT2D eigenvalue weighted by Crippen LogP contribution is -2.15. The van der Waals surface area contributed by atoms with Gasteiger partial charge in [-0.3, -0.25) is 0 Å². The maximum absolute atomic E-state index is 2.39. The number of allylic oxidation sites excluding steroid dienone is 8. The molecule has 3 aliphatic carbocycles. The topological polar surface area (TPSA) is 0 Å². The normalized spacial score (nSPS) is 27.1. The molecule has 15 heavy (non-hydrogen) atoms. The van der Waals surface area contributed by atoms with E-state index in [0.29, 0.717) is 5.41 Å². The van der Waals surface area contributed by atoms with Gasteiger partial charge in [0, 0.05) is 5.41 Å². The van der Waals surface area contributed by atoms with Crippen molar-refractivity contribution >= 4 is 0 Å². The van der Waals surface area contributed by atoms with Crippen molar-refractivity contribution in [1.29, 1.82) is 0 Å². The summed E-state index contributed by atoms with van der Waals surface area (Å²) in [6, 6.07) is 0. The van der Waals surface area contributed by atoms with Gasteiger partial charge in [-0.05, 0) is 42.4 Å². The fourth-order valence-electron chi connectivity index (χ4n) is 3.29. The molecular formula is C15H18. The van der Waals surface area contributed by atoms with Crippen LogP contribution in [0.2, 0.25) is 0 Å². The molecule has 3 rings (SSSR count). The minimum atomic E-state index is 0.298. The van der Waals surface area contributed by atoms with Crippen molar-refractivity contribution < 1.29 is 0 Å². The zero-order valence-corrected chi connectivity index (χ0v) is 9.64. The van der Waals surface area contributed by atoms with Crippen molar-refractivity contribution in [2.24, 2.45) is 5.41 Å². The van der Waals surface area contributed by atoms with Gasteiger partial charge in [-0.15, -0.1) is 0 Å². The zero-order chi connectivity index (χ0) is 10.5. The number of rotatable bonds is 0. The molecule has 0 aromatic carbocycles. The highest BCUT2D eigenvalue weighted by Crippen LogP contribution is 2.52. The predicted molar refractivity (Wildman–Crippen MR) is 64.6 cm³/mol. The van der Waals surface area contributed by atoms with Crippen LogP contribution >= 0.6 is 0 Å². The summed E-state index contributed by atoms with van der Waals surface area (Å²) in [7, 11) is 0. The van der Waals surface area contributed by atoms with Gasteiger partial charge in [-0.2, -0.15) is 0 Å². The molecule has 0 saturated heterocycles. The van der Waals surface area contributed by atoms with E-state index in [-0.39, 0.29) is 0 Å². The van der Waals surface area contributed by atoms with Crippen LogP contribution in [0.3, 0.4) is 0 Å². The largest absolute Gasteiger partial charge is 0.0839 e. The van der Waals surface area contributed by atoms with E-state index in [1.165, 1.54) is 25.7 Å². The van der Waals surface area contributed by atoms with E-state index in [1.807, 2.05) is 0 Å². The summed E-state index contributed by atoms with van der Waals surface area (Å²) >= 11 is 0. The Morgan fingerprint density at radius 2 is 1.73 bits per heavy atom. The Kier molecular flexibility index (Phi) is 1.83. The molecule has 0 aromatic heterocycles. The van der Waals surface area contributed by atoms with Gasteiger partial charge < -0.3 is 0 Å². The van der Waals surface area contributed by atoms with Crippen LogP contribution < -0.4 is 0 Å². The summed E-state index contributed by atoms with van der Waals surface area (Å²) in [5.74, 6) is 0. The lowest BCUT2D eigenvalue weighted by atomic mass is 9.77. The van der Waals surface area contributed by atoms with Gasteiger partial charge in [0.05, 0.1) is 0 Å². The SMILES string of the molecule is CC1(C)C2=C(CCC=C2)C2=C1CCC=C2. The smallest absolute Gasteiger partial charge is 0.0117 e. The highest BCUT2D eigenvalue weighted by Gasteiger charge is 2.38. The van der Waals surface area contributed by atoms with Crippen LogP contribution in [0.5, 0.6) is 0 Å². The van der Waals surface area contributed by atoms with Crippen LogP contribution in [-0.2, 0) is 0 Å². The maximum atomic E-state index is 2.39. The quantitative estimate of drug-likeness (QED) is 0.544. The van der Waals surface area contributed by atoms with E-state index in [4.69, 9.17) is 0 Å². The Hall–Kier alpha value is -1.04. The molecule has 0 bridgehead atoms. The Balaban J connectivity index is 2.19. The molecule has 0 nitrogen and oxygen atoms in total. The van der Waals surface area contributed by atoms with E-state index in [0.717, 1.165) is 0 Å². The molecule has 78 valence electrons. The summed E-state index contributed by atoms with van der Waals surface area (Å²) in [6.45, 7) is 4.78. The first kappa shape index (κ1) is 9.21. The second kappa shape index (κ2) is 2.98. The fourth-order valence-corrected chi connectivity index (χ4v) is 3.29. The summed E-state index contributed by atoms with van der Waals surface area (Å²) in [5.41, 5.74) is 6.78. The van der Waals surface area contributed by atoms with Crippen molar-refractivity contribution in [3.05, 3.63) is 46.6 Å². The average molecular weight is 198 g/mol. The van der Waals surface area contributed by atoms with Crippen molar-refractivity contribution in [2.45, 2.75) is 39.5 Å². The first-order valence-electron chi connectivity index (χ1n) is 6.02. The van der Waals surface area contributed by atoms with Crippen LogP contribution in [0.4, 0.5) is 0 Å². The van der Waals surface area contributed by atoms with Crippen molar-refractivity contribution in [3.63, 3.8) is 0 Å². The van der Waals surface area contributed by atoms with Gasteiger partial charge in [0.25, 0.3) is 0 Å². The summed E-state index contributed by atoms with van der Waals surface area (Å²) in [6.07, 6.45) is 14.4. The van der Waals surface area contributed by atoms with Crippen LogP contribution in [0.1, 0.15) is 39.5 Å². The molecule has 0 aliphatic heterocycles. The van der Waals surface area contributed by atoms with Crippen LogP contribution in [0, 0.1) is 5.41 Å². The van der Waals surface area contributed by atoms with E-state index in [1.54, 1.807) is 22.3 Å². The monoisotopic (exact) mass is 198 g/mol. The van der Waals surface area contributed by atoms with Gasteiger partial charge in [0.15, 0.2) is 0 Å². The van der Waals surface area contributed by atoms with E-state index in [9.17, 15) is 0 Å². The minimum absolute atomic E-state index is 0.298. The maximum Gasteiger partial charge on any atom is 0.0117 e. The Morgan fingerprint density at radius 3 is 2.60 bits per heavy atom. The second-order valence-electron chi connectivity index (χ2n) is 5.29. The van der Waals surface area contributed by atoms with Crippen molar-refractivity contribution in [3.8, 4) is 0 Å². The lowest BCUT2D eigenvalue weighted by Gasteiger charge is -2.27. The first-order valence-corrected chi connectivity index (χ1v) is 6.02. The molecule has 0 N–H and O–H groups in total. The molecule has 0 fully saturated rings. The summed E-state index contributed by atoms with van der Waals surface area (Å²) < 4.78 is 0. The molecule has 0 spiro atoms. The molecule has 0 atom stereocenters.